The minimum Gasteiger partial charge on any atom is -0.493 e. The quantitative estimate of drug-likeness (QED) is 0.773. The third-order valence-corrected chi connectivity index (χ3v) is 4.70. The first kappa shape index (κ1) is 18.8. The summed E-state index contributed by atoms with van der Waals surface area (Å²) < 4.78 is 16.2. The molecular formula is C17H25ClN2O4. The predicted molar refractivity (Wildman–Crippen MR) is 92.6 cm³/mol. The first-order valence-electron chi connectivity index (χ1n) is 8.01. The van der Waals surface area contributed by atoms with Crippen molar-refractivity contribution in [3.8, 4) is 11.5 Å². The zero-order chi connectivity index (χ0) is 17.7. The van der Waals surface area contributed by atoms with Crippen molar-refractivity contribution in [1.29, 1.82) is 0 Å². The second-order valence-corrected chi connectivity index (χ2v) is 6.30. The fourth-order valence-corrected chi connectivity index (χ4v) is 3.57. The lowest BCUT2D eigenvalue weighted by Gasteiger charge is -2.35. The van der Waals surface area contributed by atoms with Gasteiger partial charge in [0.25, 0.3) is 0 Å². The largest absolute Gasteiger partial charge is 0.493 e. The Labute approximate surface area is 147 Å². The van der Waals surface area contributed by atoms with Crippen molar-refractivity contribution in [3.05, 3.63) is 22.7 Å². The van der Waals surface area contributed by atoms with E-state index in [0.29, 0.717) is 36.1 Å². The Bertz CT molecular complexity index is 596. The van der Waals surface area contributed by atoms with Gasteiger partial charge in [-0.3, -0.25) is 9.69 Å². The summed E-state index contributed by atoms with van der Waals surface area (Å²) in [5.74, 6) is 0.755. The first-order chi connectivity index (χ1) is 11.5. The molecular weight excluding hydrogens is 332 g/mol. The average Bonchev–Trinajstić information content (AvgIpc) is 2.94. The maximum absolute atomic E-state index is 12.1. The number of hydrogen-bond donors (Lipinski definition) is 1. The Morgan fingerprint density at radius 3 is 2.75 bits per heavy atom. The van der Waals surface area contributed by atoms with E-state index < -0.39 is 5.54 Å². The van der Waals surface area contributed by atoms with E-state index in [1.807, 2.05) is 19.1 Å². The number of ether oxygens (including phenoxy) is 3. The lowest BCUT2D eigenvalue weighted by atomic mass is 9.95. The van der Waals surface area contributed by atoms with E-state index in [1.165, 1.54) is 0 Å². The Balaban J connectivity index is 2.29. The molecule has 2 rings (SSSR count). The van der Waals surface area contributed by atoms with Gasteiger partial charge in [-0.05, 0) is 44.0 Å². The number of carbonyl (C=O) groups excluding carboxylic acids is 1. The lowest BCUT2D eigenvalue weighted by Crippen LogP contribution is -2.56. The van der Waals surface area contributed by atoms with Crippen molar-refractivity contribution in [2.24, 2.45) is 5.73 Å². The molecule has 6 nitrogen and oxygen atoms in total. The molecule has 24 heavy (non-hydrogen) atoms. The van der Waals surface area contributed by atoms with Crippen molar-refractivity contribution in [3.63, 3.8) is 0 Å². The van der Waals surface area contributed by atoms with Gasteiger partial charge in [0, 0.05) is 13.7 Å². The molecule has 1 aromatic rings. The molecule has 134 valence electrons. The van der Waals surface area contributed by atoms with Gasteiger partial charge in [-0.1, -0.05) is 11.6 Å². The van der Waals surface area contributed by atoms with Crippen LogP contribution >= 0.6 is 11.6 Å². The number of primary amides is 1. The maximum atomic E-state index is 12.1. The molecule has 1 aliphatic heterocycles. The third kappa shape index (κ3) is 3.61. The third-order valence-electron chi connectivity index (χ3n) is 4.42. The smallest absolute Gasteiger partial charge is 0.240 e. The molecule has 1 aliphatic rings. The molecule has 0 radical (unpaired) electrons. The van der Waals surface area contributed by atoms with Crippen LogP contribution in [-0.4, -0.2) is 50.3 Å². The second kappa shape index (κ2) is 8.05. The highest BCUT2D eigenvalue weighted by atomic mass is 35.5. The Morgan fingerprint density at radius 2 is 2.17 bits per heavy atom. The topological polar surface area (TPSA) is 74.0 Å². The van der Waals surface area contributed by atoms with Gasteiger partial charge in [0.1, 0.15) is 5.54 Å². The van der Waals surface area contributed by atoms with Crippen LogP contribution in [0, 0.1) is 0 Å². The number of benzene rings is 1. The normalized spacial score (nSPS) is 21.0. The molecule has 1 saturated heterocycles. The number of nitrogens with zero attached hydrogens (tertiary/aromatic N) is 1. The van der Waals surface area contributed by atoms with Crippen LogP contribution in [0.1, 0.15) is 25.3 Å². The minimum absolute atomic E-state index is 0.282. The van der Waals surface area contributed by atoms with Gasteiger partial charge in [-0.15, -0.1) is 0 Å². The van der Waals surface area contributed by atoms with Crippen LogP contribution in [0.25, 0.3) is 0 Å². The summed E-state index contributed by atoms with van der Waals surface area (Å²) in [6, 6.07) is 3.72. The first-order valence-corrected chi connectivity index (χ1v) is 8.39. The summed E-state index contributed by atoms with van der Waals surface area (Å²) in [7, 11) is 3.16. The van der Waals surface area contributed by atoms with Crippen LogP contribution in [0.2, 0.25) is 5.02 Å². The second-order valence-electron chi connectivity index (χ2n) is 5.90. The van der Waals surface area contributed by atoms with Crippen LogP contribution < -0.4 is 15.2 Å². The molecule has 0 bridgehead atoms. The number of hydrogen-bond acceptors (Lipinski definition) is 5. The fraction of sp³-hybridized carbons (Fsp3) is 0.588. The van der Waals surface area contributed by atoms with Crippen molar-refractivity contribution < 1.29 is 19.0 Å². The van der Waals surface area contributed by atoms with E-state index in [9.17, 15) is 4.79 Å². The average molecular weight is 357 g/mol. The van der Waals surface area contributed by atoms with Crippen molar-refractivity contribution in [1.82, 2.24) is 4.90 Å². The molecule has 1 amide bonds. The van der Waals surface area contributed by atoms with Crippen LogP contribution in [0.3, 0.4) is 0 Å². The molecule has 1 aromatic carbocycles. The van der Waals surface area contributed by atoms with E-state index in [1.54, 1.807) is 14.2 Å². The molecule has 1 heterocycles. The number of carbonyl (C=O) groups is 1. The summed E-state index contributed by atoms with van der Waals surface area (Å²) in [5, 5.41) is 0.488. The van der Waals surface area contributed by atoms with E-state index in [4.69, 9.17) is 31.5 Å². The maximum Gasteiger partial charge on any atom is 0.240 e. The highest BCUT2D eigenvalue weighted by Crippen LogP contribution is 2.38. The van der Waals surface area contributed by atoms with Crippen LogP contribution in [0.4, 0.5) is 0 Å². The highest BCUT2D eigenvalue weighted by molar-refractivity contribution is 6.32. The minimum atomic E-state index is -0.771. The number of methoxy groups -OCH3 is 2. The Hall–Kier alpha value is -1.50. The molecule has 0 spiro atoms. The summed E-state index contributed by atoms with van der Waals surface area (Å²) in [6.45, 7) is 3.98. The van der Waals surface area contributed by atoms with Crippen molar-refractivity contribution in [2.45, 2.75) is 31.8 Å². The number of rotatable bonds is 8. The number of likely N-dealkylation sites (tertiary alicyclic amines) is 1. The van der Waals surface area contributed by atoms with Gasteiger partial charge < -0.3 is 19.9 Å². The summed E-state index contributed by atoms with van der Waals surface area (Å²) in [5.41, 5.74) is 5.84. The Kier molecular flexibility index (Phi) is 6.32. The zero-order valence-corrected chi connectivity index (χ0v) is 15.2. The standard InChI is InChI=1S/C17H25ClN2O4/c1-4-24-15-13(18)8-12(9-14(15)23-3)10-20-7-5-6-17(20,11-22-2)16(19)21/h8-9H,4-7,10-11H2,1-3H3,(H2,19,21). The SMILES string of the molecule is CCOc1c(Cl)cc(CN2CCCC2(COC)C(N)=O)cc1OC. The molecule has 0 aliphatic carbocycles. The molecule has 7 heteroatoms. The van der Waals surface area contributed by atoms with E-state index in [0.717, 1.165) is 18.5 Å². The van der Waals surface area contributed by atoms with Crippen molar-refractivity contribution >= 4 is 17.5 Å². The fourth-order valence-electron chi connectivity index (χ4n) is 3.29. The van der Waals surface area contributed by atoms with Gasteiger partial charge in [0.2, 0.25) is 5.91 Å². The zero-order valence-electron chi connectivity index (χ0n) is 14.4. The molecule has 0 saturated carbocycles. The van der Waals surface area contributed by atoms with Gasteiger partial charge in [-0.25, -0.2) is 0 Å². The summed E-state index contributed by atoms with van der Waals surface area (Å²) in [4.78, 5) is 14.1. The van der Waals surface area contributed by atoms with Crippen LogP contribution in [-0.2, 0) is 16.1 Å². The van der Waals surface area contributed by atoms with Gasteiger partial charge in [0.15, 0.2) is 11.5 Å². The molecule has 1 atom stereocenters. The molecule has 2 N–H and O–H groups in total. The number of halogens is 1. The lowest BCUT2D eigenvalue weighted by molar-refractivity contribution is -0.132. The predicted octanol–water partition coefficient (Wildman–Crippen LogP) is 2.21. The van der Waals surface area contributed by atoms with Crippen LogP contribution in [0.5, 0.6) is 11.5 Å². The van der Waals surface area contributed by atoms with Gasteiger partial charge >= 0.3 is 0 Å². The van der Waals surface area contributed by atoms with Crippen LogP contribution in [0.15, 0.2) is 12.1 Å². The van der Waals surface area contributed by atoms with E-state index >= 15 is 0 Å². The van der Waals surface area contributed by atoms with Gasteiger partial charge in [0.05, 0.1) is 25.3 Å². The van der Waals surface area contributed by atoms with Crippen molar-refractivity contribution in [2.75, 3.05) is 34.0 Å². The highest BCUT2D eigenvalue weighted by Gasteiger charge is 2.46. The molecule has 1 fully saturated rings. The van der Waals surface area contributed by atoms with E-state index in [2.05, 4.69) is 4.90 Å². The van der Waals surface area contributed by atoms with Gasteiger partial charge in [-0.2, -0.15) is 0 Å². The molecule has 0 aromatic heterocycles. The monoisotopic (exact) mass is 356 g/mol. The summed E-state index contributed by atoms with van der Waals surface area (Å²) >= 11 is 6.33. The van der Waals surface area contributed by atoms with E-state index in [-0.39, 0.29) is 12.5 Å². The number of nitrogens with two attached hydrogens (primary N) is 1. The Morgan fingerprint density at radius 1 is 1.42 bits per heavy atom. The number of amides is 1. The summed E-state index contributed by atoms with van der Waals surface area (Å²) in [6.07, 6.45) is 1.59. The molecule has 1 unspecified atom stereocenters.